The van der Waals surface area contributed by atoms with E-state index in [0.29, 0.717) is 0 Å². The van der Waals surface area contributed by atoms with Crippen LogP contribution in [0.4, 0.5) is 0 Å². The van der Waals surface area contributed by atoms with Crippen LogP contribution in [0.5, 0.6) is 0 Å². The van der Waals surface area contributed by atoms with Gasteiger partial charge in [0.1, 0.15) is 0 Å². The first-order valence-corrected chi connectivity index (χ1v) is 6.89. The molecule has 0 saturated heterocycles. The van der Waals surface area contributed by atoms with E-state index in [2.05, 4.69) is 38.4 Å². The maximum absolute atomic E-state index is 6.14. The fourth-order valence-corrected chi connectivity index (χ4v) is 2.33. The van der Waals surface area contributed by atoms with Crippen molar-refractivity contribution in [3.63, 3.8) is 0 Å². The summed E-state index contributed by atoms with van der Waals surface area (Å²) in [5, 5.41) is 4.04. The Morgan fingerprint density at radius 1 is 1.28 bits per heavy atom. The molecule has 0 bridgehead atoms. The first-order chi connectivity index (χ1) is 8.70. The average Bonchev–Trinajstić information content (AvgIpc) is 2.39. The van der Waals surface area contributed by atoms with Gasteiger partial charge in [-0.3, -0.25) is 4.98 Å². The number of likely N-dealkylation sites (N-methyl/N-ethyl adjacent to an activating group) is 1. The topological polar surface area (TPSA) is 24.9 Å². The van der Waals surface area contributed by atoms with Gasteiger partial charge >= 0.3 is 0 Å². The lowest BCUT2D eigenvalue weighted by molar-refractivity contribution is 0.592. The van der Waals surface area contributed by atoms with E-state index < -0.39 is 0 Å². The van der Waals surface area contributed by atoms with Gasteiger partial charge in [0.2, 0.25) is 0 Å². The summed E-state index contributed by atoms with van der Waals surface area (Å²) < 4.78 is 1.09. The first kappa shape index (κ1) is 13.5. The minimum Gasteiger partial charge on any atom is -0.313 e. The fraction of sp³-hybridized carbons (Fsp3) is 0.214. The molecular formula is C14H14BrClN2. The molecule has 0 aliphatic rings. The molecule has 1 aromatic heterocycles. The van der Waals surface area contributed by atoms with Crippen molar-refractivity contribution in [2.45, 2.75) is 12.5 Å². The number of halogens is 2. The summed E-state index contributed by atoms with van der Waals surface area (Å²) in [6.45, 7) is 0. The second kappa shape index (κ2) is 6.32. The van der Waals surface area contributed by atoms with Crippen LogP contribution >= 0.6 is 27.5 Å². The van der Waals surface area contributed by atoms with Crippen LogP contribution in [-0.4, -0.2) is 12.0 Å². The van der Waals surface area contributed by atoms with E-state index in [-0.39, 0.29) is 6.04 Å². The van der Waals surface area contributed by atoms with Crippen LogP contribution in [-0.2, 0) is 6.42 Å². The maximum atomic E-state index is 6.14. The zero-order valence-electron chi connectivity index (χ0n) is 10.0. The van der Waals surface area contributed by atoms with E-state index in [1.54, 1.807) is 12.4 Å². The Balaban J connectivity index is 2.20. The molecule has 0 saturated carbocycles. The van der Waals surface area contributed by atoms with Crippen molar-refractivity contribution in [1.82, 2.24) is 10.3 Å². The summed E-state index contributed by atoms with van der Waals surface area (Å²) in [5.74, 6) is 0. The highest BCUT2D eigenvalue weighted by Gasteiger charge is 2.11. The lowest BCUT2D eigenvalue weighted by atomic mass is 10.00. The van der Waals surface area contributed by atoms with Crippen LogP contribution in [0.2, 0.25) is 5.02 Å². The Hall–Kier alpha value is -0.900. The van der Waals surface area contributed by atoms with Gasteiger partial charge in [0.15, 0.2) is 0 Å². The zero-order chi connectivity index (χ0) is 13.0. The van der Waals surface area contributed by atoms with Crippen molar-refractivity contribution < 1.29 is 0 Å². The molecule has 0 aliphatic carbocycles. The molecule has 1 atom stereocenters. The van der Waals surface area contributed by atoms with Crippen molar-refractivity contribution in [2.24, 2.45) is 0 Å². The zero-order valence-corrected chi connectivity index (χ0v) is 12.4. The number of hydrogen-bond acceptors (Lipinski definition) is 2. The molecule has 94 valence electrons. The Labute approximate surface area is 121 Å². The van der Waals surface area contributed by atoms with Gasteiger partial charge in [-0.2, -0.15) is 0 Å². The van der Waals surface area contributed by atoms with Crippen LogP contribution in [0, 0.1) is 0 Å². The molecule has 0 radical (unpaired) electrons. The van der Waals surface area contributed by atoms with Crippen molar-refractivity contribution in [3.8, 4) is 0 Å². The van der Waals surface area contributed by atoms with Crippen LogP contribution in [0.3, 0.4) is 0 Å². The smallest absolute Gasteiger partial charge is 0.0622 e. The molecule has 1 heterocycles. The minimum absolute atomic E-state index is 0.248. The highest BCUT2D eigenvalue weighted by molar-refractivity contribution is 9.10. The number of nitrogens with zero attached hydrogens (tertiary/aromatic N) is 1. The molecule has 0 spiro atoms. The molecule has 1 aromatic carbocycles. The SMILES string of the molecule is CNC(Cc1ccncc1Cl)c1ccc(Br)cc1. The normalized spacial score (nSPS) is 12.4. The highest BCUT2D eigenvalue weighted by atomic mass is 79.9. The Bertz CT molecular complexity index is 513. The molecule has 1 unspecified atom stereocenters. The quantitative estimate of drug-likeness (QED) is 0.919. The van der Waals surface area contributed by atoms with Gasteiger partial charge in [0.25, 0.3) is 0 Å². The van der Waals surface area contributed by atoms with E-state index in [1.807, 2.05) is 25.2 Å². The number of nitrogens with one attached hydrogen (secondary N) is 1. The van der Waals surface area contributed by atoms with Gasteiger partial charge in [-0.25, -0.2) is 0 Å². The third kappa shape index (κ3) is 3.31. The van der Waals surface area contributed by atoms with E-state index in [9.17, 15) is 0 Å². The standard InChI is InChI=1S/C14H14BrClN2/c1-17-14(10-2-4-12(15)5-3-10)8-11-6-7-18-9-13(11)16/h2-7,9,14,17H,8H2,1H3. The third-order valence-electron chi connectivity index (χ3n) is 2.90. The fourth-order valence-electron chi connectivity index (χ4n) is 1.87. The van der Waals surface area contributed by atoms with Crippen LogP contribution in [0.25, 0.3) is 0 Å². The molecule has 4 heteroatoms. The molecule has 18 heavy (non-hydrogen) atoms. The number of aromatic nitrogens is 1. The number of rotatable bonds is 4. The first-order valence-electron chi connectivity index (χ1n) is 5.72. The van der Waals surface area contributed by atoms with Gasteiger partial charge < -0.3 is 5.32 Å². The lowest BCUT2D eigenvalue weighted by Crippen LogP contribution is -2.18. The van der Waals surface area contributed by atoms with Crippen molar-refractivity contribution in [3.05, 3.63) is 63.3 Å². The number of hydrogen-bond donors (Lipinski definition) is 1. The summed E-state index contributed by atoms with van der Waals surface area (Å²) in [6, 6.07) is 10.5. The molecule has 0 fully saturated rings. The minimum atomic E-state index is 0.248. The average molecular weight is 326 g/mol. The van der Waals surface area contributed by atoms with Gasteiger partial charge in [-0.05, 0) is 42.8 Å². The summed E-state index contributed by atoms with van der Waals surface area (Å²) in [6.07, 6.45) is 4.31. The molecule has 2 aromatic rings. The Morgan fingerprint density at radius 3 is 2.61 bits per heavy atom. The molecular weight excluding hydrogens is 312 g/mol. The summed E-state index contributed by atoms with van der Waals surface area (Å²) >= 11 is 9.59. The van der Waals surface area contributed by atoms with Gasteiger partial charge in [-0.15, -0.1) is 0 Å². The second-order valence-corrected chi connectivity index (χ2v) is 5.39. The molecule has 2 rings (SSSR count). The largest absolute Gasteiger partial charge is 0.313 e. The molecule has 2 nitrogen and oxygen atoms in total. The predicted octanol–water partition coefficient (Wildman–Crippen LogP) is 4.00. The molecule has 0 aliphatic heterocycles. The van der Waals surface area contributed by atoms with Crippen molar-refractivity contribution >= 4 is 27.5 Å². The maximum Gasteiger partial charge on any atom is 0.0622 e. The molecule has 1 N–H and O–H groups in total. The van der Waals surface area contributed by atoms with E-state index in [1.165, 1.54) is 5.56 Å². The number of pyridine rings is 1. The Morgan fingerprint density at radius 2 is 2.00 bits per heavy atom. The van der Waals surface area contributed by atoms with E-state index in [4.69, 9.17) is 11.6 Å². The summed E-state index contributed by atoms with van der Waals surface area (Å²) in [4.78, 5) is 4.00. The number of benzene rings is 1. The lowest BCUT2D eigenvalue weighted by Gasteiger charge is -2.17. The van der Waals surface area contributed by atoms with Crippen LogP contribution < -0.4 is 5.32 Å². The van der Waals surface area contributed by atoms with Gasteiger partial charge in [0, 0.05) is 22.9 Å². The monoisotopic (exact) mass is 324 g/mol. The van der Waals surface area contributed by atoms with Crippen LogP contribution in [0.15, 0.2) is 47.2 Å². The van der Waals surface area contributed by atoms with E-state index >= 15 is 0 Å². The molecule has 0 amide bonds. The van der Waals surface area contributed by atoms with Gasteiger partial charge in [0.05, 0.1) is 5.02 Å². The van der Waals surface area contributed by atoms with Crippen molar-refractivity contribution in [1.29, 1.82) is 0 Å². The van der Waals surface area contributed by atoms with Crippen LogP contribution in [0.1, 0.15) is 17.2 Å². The van der Waals surface area contributed by atoms with Crippen molar-refractivity contribution in [2.75, 3.05) is 7.05 Å². The van der Waals surface area contributed by atoms with Gasteiger partial charge in [-0.1, -0.05) is 39.7 Å². The Kier molecular flexibility index (Phi) is 4.75. The summed E-state index contributed by atoms with van der Waals surface area (Å²) in [5.41, 5.74) is 2.35. The second-order valence-electron chi connectivity index (χ2n) is 4.06. The highest BCUT2D eigenvalue weighted by Crippen LogP contribution is 2.23. The third-order valence-corrected chi connectivity index (χ3v) is 3.77. The summed E-state index contributed by atoms with van der Waals surface area (Å²) in [7, 11) is 1.96. The van der Waals surface area contributed by atoms with E-state index in [0.717, 1.165) is 21.5 Å². The predicted molar refractivity (Wildman–Crippen MR) is 78.9 cm³/mol.